The zero-order chi connectivity index (χ0) is 18.0. The Hall–Kier alpha value is -1.17. The molecule has 4 nitrogen and oxygen atoms in total. The fourth-order valence-corrected chi connectivity index (χ4v) is 4.66. The van der Waals surface area contributed by atoms with E-state index >= 15 is 0 Å². The molecular weight excluding hydrogens is 332 g/mol. The predicted molar refractivity (Wildman–Crippen MR) is 102 cm³/mol. The van der Waals surface area contributed by atoms with Gasteiger partial charge < -0.3 is 0 Å². The monoisotopic (exact) mass is 362 g/mol. The highest BCUT2D eigenvalue weighted by molar-refractivity contribution is 7.90. The highest BCUT2D eigenvalue weighted by Gasteiger charge is 2.34. The summed E-state index contributed by atoms with van der Waals surface area (Å²) in [6.45, 7) is 9.79. The van der Waals surface area contributed by atoms with Crippen molar-refractivity contribution in [2.24, 2.45) is 5.92 Å². The number of hydrogen-bond acceptors (Lipinski definition) is 4. The van der Waals surface area contributed by atoms with Gasteiger partial charge in [0.05, 0.1) is 4.90 Å². The zero-order valence-corrected chi connectivity index (χ0v) is 16.4. The van der Waals surface area contributed by atoms with E-state index in [-0.39, 0.29) is 0 Å². The Labute approximate surface area is 152 Å². The molecule has 4 rings (SSSR count). The third-order valence-electron chi connectivity index (χ3n) is 5.39. The van der Waals surface area contributed by atoms with Gasteiger partial charge in [0.1, 0.15) is 0 Å². The summed E-state index contributed by atoms with van der Waals surface area (Å²) in [5, 5.41) is 0. The minimum Gasteiger partial charge on any atom is -0.297 e. The van der Waals surface area contributed by atoms with Gasteiger partial charge in [-0.25, -0.2) is 8.42 Å². The first-order valence-corrected chi connectivity index (χ1v) is 11.1. The molecule has 2 atom stereocenters. The van der Waals surface area contributed by atoms with Gasteiger partial charge in [-0.15, -0.1) is 0 Å². The molecule has 5 heteroatoms. The summed E-state index contributed by atoms with van der Waals surface area (Å²) >= 11 is 0. The van der Waals surface area contributed by atoms with Crippen molar-refractivity contribution in [1.29, 1.82) is 0 Å². The largest absolute Gasteiger partial charge is 0.297 e. The fraction of sp³-hybridized carbons (Fsp3) is 0.600. The zero-order valence-electron chi connectivity index (χ0n) is 15.6. The molecule has 0 aromatic heterocycles. The molecule has 0 aliphatic carbocycles. The number of allylic oxidation sites excluding steroid dienone is 1. The van der Waals surface area contributed by atoms with Crippen molar-refractivity contribution in [1.82, 2.24) is 9.80 Å². The van der Waals surface area contributed by atoms with Gasteiger partial charge in [0.2, 0.25) is 0 Å². The van der Waals surface area contributed by atoms with E-state index in [0.717, 1.165) is 32.1 Å². The Kier molecular flexibility index (Phi) is 5.66. The van der Waals surface area contributed by atoms with Gasteiger partial charge in [0.15, 0.2) is 9.84 Å². The molecule has 0 unspecified atom stereocenters. The average Bonchev–Trinajstić information content (AvgIpc) is 2.83. The normalized spacial score (nSPS) is 24.9. The number of piperidine rings is 1. The van der Waals surface area contributed by atoms with Crippen molar-refractivity contribution in [3.63, 3.8) is 0 Å². The molecule has 1 aromatic carbocycles. The minimum absolute atomic E-state index is 0.403. The molecule has 1 aromatic rings. The van der Waals surface area contributed by atoms with Crippen LogP contribution in [0.15, 0.2) is 40.8 Å². The molecule has 0 spiro atoms. The lowest BCUT2D eigenvalue weighted by molar-refractivity contribution is 0.146. The molecule has 2 bridgehead atoms. The first-order valence-electron chi connectivity index (χ1n) is 9.20. The van der Waals surface area contributed by atoms with Gasteiger partial charge >= 0.3 is 0 Å². The number of benzene rings is 1. The highest BCUT2D eigenvalue weighted by atomic mass is 32.2. The fourth-order valence-electron chi connectivity index (χ4n) is 4.03. The molecule has 0 N–H and O–H groups in total. The van der Waals surface area contributed by atoms with Gasteiger partial charge in [0, 0.05) is 45.0 Å². The maximum atomic E-state index is 11.6. The van der Waals surface area contributed by atoms with E-state index in [1.54, 1.807) is 12.1 Å². The lowest BCUT2D eigenvalue weighted by atomic mass is 9.95. The van der Waals surface area contributed by atoms with Crippen LogP contribution < -0.4 is 0 Å². The van der Waals surface area contributed by atoms with E-state index in [1.807, 2.05) is 12.1 Å². The van der Waals surface area contributed by atoms with Gasteiger partial charge in [-0.05, 0) is 50.3 Å². The quantitative estimate of drug-likeness (QED) is 0.755. The van der Waals surface area contributed by atoms with Gasteiger partial charge in [-0.2, -0.15) is 0 Å². The van der Waals surface area contributed by atoms with Crippen molar-refractivity contribution in [3.8, 4) is 0 Å². The van der Waals surface area contributed by atoms with Crippen molar-refractivity contribution < 1.29 is 8.42 Å². The highest BCUT2D eigenvalue weighted by Crippen LogP contribution is 2.28. The van der Waals surface area contributed by atoms with Gasteiger partial charge in [-0.1, -0.05) is 23.8 Å². The summed E-state index contributed by atoms with van der Waals surface area (Å²) in [6, 6.07) is 8.04. The van der Waals surface area contributed by atoms with Crippen molar-refractivity contribution >= 4 is 9.84 Å². The summed E-state index contributed by atoms with van der Waals surface area (Å²) in [7, 11) is -3.11. The molecule has 3 heterocycles. The standard InChI is InChI=1S/C20H30N2O2S/c1-16(2)10-11-22-14-18-4-7-19(22)15-21(13-18)12-17-5-8-20(9-6-17)25(3,23)24/h5-6,8-10,18-19H,4,7,11-15H2,1-3H3/t18-,19+/m0/s1. The number of rotatable bonds is 5. The van der Waals surface area contributed by atoms with Crippen LogP contribution in [-0.4, -0.2) is 56.7 Å². The molecule has 0 radical (unpaired) electrons. The van der Waals surface area contributed by atoms with E-state index in [4.69, 9.17) is 0 Å². The topological polar surface area (TPSA) is 40.6 Å². The number of nitrogens with zero attached hydrogens (tertiary/aromatic N) is 2. The van der Waals surface area contributed by atoms with Crippen LogP contribution in [0.3, 0.4) is 0 Å². The Morgan fingerprint density at radius 1 is 1.12 bits per heavy atom. The van der Waals surface area contributed by atoms with E-state index in [9.17, 15) is 8.42 Å². The first kappa shape index (κ1) is 18.6. The van der Waals surface area contributed by atoms with Gasteiger partial charge in [0.25, 0.3) is 0 Å². The van der Waals surface area contributed by atoms with Crippen LogP contribution in [-0.2, 0) is 16.4 Å². The molecule has 0 amide bonds. The van der Waals surface area contributed by atoms with Crippen molar-refractivity contribution in [3.05, 3.63) is 41.5 Å². The van der Waals surface area contributed by atoms with E-state index in [2.05, 4.69) is 29.7 Å². The summed E-state index contributed by atoms with van der Waals surface area (Å²) in [5.74, 6) is 0.750. The van der Waals surface area contributed by atoms with Crippen molar-refractivity contribution in [2.45, 2.75) is 44.2 Å². The SMILES string of the molecule is CC(C)=CCN1C[C@H]2CC[C@@H]1CN(Cc1ccc(S(C)(=O)=O)cc1)C2. The number of hydrogen-bond donors (Lipinski definition) is 0. The van der Waals surface area contributed by atoms with Crippen LogP contribution in [0.25, 0.3) is 0 Å². The lowest BCUT2D eigenvalue weighted by Crippen LogP contribution is -2.43. The van der Waals surface area contributed by atoms with Crippen LogP contribution >= 0.6 is 0 Å². The summed E-state index contributed by atoms with van der Waals surface area (Å²) in [5.41, 5.74) is 2.59. The third-order valence-corrected chi connectivity index (χ3v) is 6.52. The summed E-state index contributed by atoms with van der Waals surface area (Å²) in [6.07, 6.45) is 6.23. The molecule has 3 aliphatic heterocycles. The average molecular weight is 363 g/mol. The van der Waals surface area contributed by atoms with Crippen LogP contribution in [0, 0.1) is 5.92 Å². The molecule has 3 saturated heterocycles. The van der Waals surface area contributed by atoms with Crippen LogP contribution in [0.1, 0.15) is 32.3 Å². The smallest absolute Gasteiger partial charge is 0.175 e. The van der Waals surface area contributed by atoms with E-state index < -0.39 is 9.84 Å². The Morgan fingerprint density at radius 2 is 1.84 bits per heavy atom. The lowest BCUT2D eigenvalue weighted by Gasteiger charge is -2.35. The summed E-state index contributed by atoms with van der Waals surface area (Å²) in [4.78, 5) is 5.61. The predicted octanol–water partition coefficient (Wildman–Crippen LogP) is 2.95. The first-order chi connectivity index (χ1) is 11.8. The second-order valence-electron chi connectivity index (χ2n) is 7.94. The molecule has 0 saturated carbocycles. The van der Waals surface area contributed by atoms with Crippen LogP contribution in [0.4, 0.5) is 0 Å². The Morgan fingerprint density at radius 3 is 2.48 bits per heavy atom. The maximum Gasteiger partial charge on any atom is 0.175 e. The second-order valence-corrected chi connectivity index (χ2v) is 9.96. The van der Waals surface area contributed by atoms with Crippen LogP contribution in [0.5, 0.6) is 0 Å². The third kappa shape index (κ3) is 4.93. The van der Waals surface area contributed by atoms with Crippen LogP contribution in [0.2, 0.25) is 0 Å². The van der Waals surface area contributed by atoms with E-state index in [1.165, 1.54) is 36.8 Å². The molecule has 138 valence electrons. The van der Waals surface area contributed by atoms with E-state index in [0.29, 0.717) is 10.9 Å². The Bertz CT molecular complexity index is 721. The number of fused-ring (bicyclic) bond motifs is 4. The molecule has 3 fully saturated rings. The summed E-state index contributed by atoms with van der Waals surface area (Å²) < 4.78 is 23.2. The second kappa shape index (κ2) is 7.60. The number of sulfone groups is 1. The Balaban J connectivity index is 1.65. The molecule has 25 heavy (non-hydrogen) atoms. The maximum absolute atomic E-state index is 11.6. The molecule has 3 aliphatic rings. The minimum atomic E-state index is -3.11. The molecular formula is C20H30N2O2S. The van der Waals surface area contributed by atoms with Gasteiger partial charge in [-0.3, -0.25) is 9.80 Å². The van der Waals surface area contributed by atoms with Crippen molar-refractivity contribution in [2.75, 3.05) is 32.4 Å².